The van der Waals surface area contributed by atoms with Crippen molar-refractivity contribution in [1.82, 2.24) is 14.7 Å². The summed E-state index contributed by atoms with van der Waals surface area (Å²) in [4.78, 5) is 6.22. The van der Waals surface area contributed by atoms with Crippen molar-refractivity contribution in [2.75, 3.05) is 6.61 Å². The van der Waals surface area contributed by atoms with Gasteiger partial charge in [0.25, 0.3) is 10.0 Å². The van der Waals surface area contributed by atoms with Crippen molar-refractivity contribution in [3.05, 3.63) is 47.9 Å². The molecule has 0 saturated heterocycles. The highest BCUT2D eigenvalue weighted by Crippen LogP contribution is 2.07. The molecule has 0 atom stereocenters. The van der Waals surface area contributed by atoms with Crippen molar-refractivity contribution in [1.29, 1.82) is 0 Å². The summed E-state index contributed by atoms with van der Waals surface area (Å²) in [6.07, 6.45) is 2.55. The maximum absolute atomic E-state index is 11.9. The second-order valence-electron chi connectivity index (χ2n) is 3.90. The van der Waals surface area contributed by atoms with E-state index in [9.17, 15) is 8.42 Å². The van der Waals surface area contributed by atoms with E-state index < -0.39 is 10.0 Å². The van der Waals surface area contributed by atoms with Gasteiger partial charge in [0.1, 0.15) is 6.61 Å². The Labute approximate surface area is 116 Å². The molecule has 1 aromatic carbocycles. The predicted octanol–water partition coefficient (Wildman–Crippen LogP) is 0.232. The minimum absolute atomic E-state index is 0.0220. The van der Waals surface area contributed by atoms with Gasteiger partial charge < -0.3 is 10.1 Å². The van der Waals surface area contributed by atoms with Crippen molar-refractivity contribution in [2.24, 2.45) is 0 Å². The molecule has 0 aliphatic carbocycles. The zero-order chi connectivity index (χ0) is 14.4. The number of nitrogens with one attached hydrogen (secondary N) is 2. The zero-order valence-corrected chi connectivity index (χ0v) is 11.3. The van der Waals surface area contributed by atoms with Crippen LogP contribution in [0.1, 0.15) is 11.1 Å². The third-order valence-electron chi connectivity index (χ3n) is 2.47. The number of rotatable bonds is 4. The number of benzene rings is 1. The lowest BCUT2D eigenvalue weighted by atomic mass is 10.1. The summed E-state index contributed by atoms with van der Waals surface area (Å²) in [5.74, 6) is 5.31. The highest BCUT2D eigenvalue weighted by Gasteiger charge is 2.14. The number of nitrogens with zero attached hydrogens (tertiary/aromatic N) is 1. The first-order valence-electron chi connectivity index (χ1n) is 5.78. The molecule has 0 radical (unpaired) electrons. The number of hydrogen-bond acceptors (Lipinski definition) is 4. The molecule has 20 heavy (non-hydrogen) atoms. The molecule has 104 valence electrons. The first-order valence-corrected chi connectivity index (χ1v) is 7.27. The Bertz CT molecular complexity index is 728. The molecule has 1 heterocycles. The van der Waals surface area contributed by atoms with Gasteiger partial charge in [-0.3, -0.25) is 0 Å². The number of sulfonamides is 1. The third kappa shape index (κ3) is 3.68. The number of aromatic nitrogens is 2. The molecule has 7 heteroatoms. The SMILES string of the molecule is O=S(=O)(NCc1cccc(C#CCO)c1)c1cnc[nH]1. The number of aliphatic hydroxyl groups excluding tert-OH is 1. The summed E-state index contributed by atoms with van der Waals surface area (Å²) >= 11 is 0. The normalized spacial score (nSPS) is 10.8. The molecule has 0 bridgehead atoms. The number of imidazole rings is 1. The molecular weight excluding hydrogens is 278 g/mol. The van der Waals surface area contributed by atoms with Crippen LogP contribution < -0.4 is 4.72 Å². The largest absolute Gasteiger partial charge is 0.384 e. The van der Waals surface area contributed by atoms with Gasteiger partial charge >= 0.3 is 0 Å². The lowest BCUT2D eigenvalue weighted by molar-refractivity contribution is 0.350. The van der Waals surface area contributed by atoms with E-state index in [1.165, 1.54) is 12.5 Å². The third-order valence-corrected chi connectivity index (χ3v) is 3.79. The number of H-pyrrole nitrogens is 1. The van der Waals surface area contributed by atoms with E-state index in [1.807, 2.05) is 0 Å². The van der Waals surface area contributed by atoms with Gasteiger partial charge in [-0.2, -0.15) is 0 Å². The summed E-state index contributed by atoms with van der Waals surface area (Å²) in [6, 6.07) is 7.12. The Morgan fingerprint density at radius 1 is 1.40 bits per heavy atom. The van der Waals surface area contributed by atoms with Crippen LogP contribution >= 0.6 is 0 Å². The van der Waals surface area contributed by atoms with Gasteiger partial charge in [0, 0.05) is 12.1 Å². The molecule has 0 fully saturated rings. The van der Waals surface area contributed by atoms with Crippen LogP contribution in [-0.2, 0) is 16.6 Å². The van der Waals surface area contributed by atoms with Gasteiger partial charge in [-0.05, 0) is 17.7 Å². The predicted molar refractivity (Wildman–Crippen MR) is 73.0 cm³/mol. The van der Waals surface area contributed by atoms with Crippen molar-refractivity contribution < 1.29 is 13.5 Å². The molecule has 3 N–H and O–H groups in total. The number of aliphatic hydroxyl groups is 1. The lowest BCUT2D eigenvalue weighted by Crippen LogP contribution is -2.23. The molecule has 0 spiro atoms. The fourth-order valence-corrected chi connectivity index (χ4v) is 2.47. The Morgan fingerprint density at radius 3 is 2.95 bits per heavy atom. The van der Waals surface area contributed by atoms with Crippen LogP contribution in [0.25, 0.3) is 0 Å². The van der Waals surface area contributed by atoms with Crippen LogP contribution in [0.5, 0.6) is 0 Å². The molecule has 0 unspecified atom stereocenters. The smallest absolute Gasteiger partial charge is 0.257 e. The second-order valence-corrected chi connectivity index (χ2v) is 5.64. The maximum atomic E-state index is 11.9. The van der Waals surface area contributed by atoms with E-state index in [0.717, 1.165) is 11.1 Å². The van der Waals surface area contributed by atoms with Crippen LogP contribution in [0.3, 0.4) is 0 Å². The first kappa shape index (κ1) is 14.3. The first-order chi connectivity index (χ1) is 9.62. The molecule has 6 nitrogen and oxygen atoms in total. The number of hydrogen-bond donors (Lipinski definition) is 3. The fourth-order valence-electron chi connectivity index (χ4n) is 1.55. The van der Waals surface area contributed by atoms with Gasteiger partial charge in [-0.25, -0.2) is 18.1 Å². The Balaban J connectivity index is 2.08. The van der Waals surface area contributed by atoms with Gasteiger partial charge in [0.05, 0.1) is 12.5 Å². The van der Waals surface area contributed by atoms with E-state index >= 15 is 0 Å². The molecule has 2 aromatic rings. The van der Waals surface area contributed by atoms with E-state index in [0.29, 0.717) is 0 Å². The molecule has 1 aromatic heterocycles. The molecule has 0 aliphatic rings. The van der Waals surface area contributed by atoms with Gasteiger partial charge in [-0.15, -0.1) is 0 Å². The zero-order valence-electron chi connectivity index (χ0n) is 10.5. The highest BCUT2D eigenvalue weighted by atomic mass is 32.2. The van der Waals surface area contributed by atoms with E-state index in [-0.39, 0.29) is 18.2 Å². The lowest BCUT2D eigenvalue weighted by Gasteiger charge is -2.05. The summed E-state index contributed by atoms with van der Waals surface area (Å²) < 4.78 is 26.2. The van der Waals surface area contributed by atoms with E-state index in [4.69, 9.17) is 5.11 Å². The average Bonchev–Trinajstić information content (AvgIpc) is 2.98. The molecule has 0 aliphatic heterocycles. The maximum Gasteiger partial charge on any atom is 0.257 e. The molecular formula is C13H13N3O3S. The quantitative estimate of drug-likeness (QED) is 0.703. The van der Waals surface area contributed by atoms with Gasteiger partial charge in [0.2, 0.25) is 0 Å². The van der Waals surface area contributed by atoms with E-state index in [1.54, 1.807) is 24.3 Å². The van der Waals surface area contributed by atoms with Crippen LogP contribution in [0.2, 0.25) is 0 Å². The number of aromatic amines is 1. The van der Waals surface area contributed by atoms with Crippen LogP contribution in [0.15, 0.2) is 41.8 Å². The minimum atomic E-state index is -3.59. The average molecular weight is 291 g/mol. The van der Waals surface area contributed by atoms with Gasteiger partial charge in [-0.1, -0.05) is 24.0 Å². The summed E-state index contributed by atoms with van der Waals surface area (Å²) in [6.45, 7) is -0.0628. The second kappa shape index (κ2) is 6.34. The van der Waals surface area contributed by atoms with Crippen LogP contribution in [0.4, 0.5) is 0 Å². The Morgan fingerprint density at radius 2 is 2.25 bits per heavy atom. The molecule has 2 rings (SSSR count). The van der Waals surface area contributed by atoms with E-state index in [2.05, 4.69) is 26.5 Å². The fraction of sp³-hybridized carbons (Fsp3) is 0.154. The summed E-state index contributed by atoms with van der Waals surface area (Å²) in [7, 11) is -3.59. The summed E-state index contributed by atoms with van der Waals surface area (Å²) in [5.41, 5.74) is 1.50. The molecule has 0 saturated carbocycles. The van der Waals surface area contributed by atoms with Crippen molar-refractivity contribution in [3.8, 4) is 11.8 Å². The Hall–Kier alpha value is -2.14. The van der Waals surface area contributed by atoms with Crippen molar-refractivity contribution >= 4 is 10.0 Å². The molecule has 0 amide bonds. The summed E-state index contributed by atoms with van der Waals surface area (Å²) in [5, 5.41) is 8.66. The van der Waals surface area contributed by atoms with Crippen LogP contribution in [0, 0.1) is 11.8 Å². The van der Waals surface area contributed by atoms with Gasteiger partial charge in [0.15, 0.2) is 5.03 Å². The van der Waals surface area contributed by atoms with Crippen molar-refractivity contribution in [2.45, 2.75) is 11.6 Å². The van der Waals surface area contributed by atoms with Crippen molar-refractivity contribution in [3.63, 3.8) is 0 Å². The highest BCUT2D eigenvalue weighted by molar-refractivity contribution is 7.89. The monoisotopic (exact) mass is 291 g/mol. The van der Waals surface area contributed by atoms with Crippen LogP contribution in [-0.4, -0.2) is 30.1 Å². The Kier molecular flexibility index (Phi) is 4.53. The standard InChI is InChI=1S/C13H13N3O3S/c17-6-2-5-11-3-1-4-12(7-11)8-16-20(18,19)13-9-14-10-15-13/h1,3-4,7,9-10,16-17H,6,8H2,(H,14,15). The minimum Gasteiger partial charge on any atom is -0.384 e. The topological polar surface area (TPSA) is 95.1 Å².